The van der Waals surface area contributed by atoms with Gasteiger partial charge in [-0.3, -0.25) is 4.79 Å². The summed E-state index contributed by atoms with van der Waals surface area (Å²) in [4.78, 5) is 30.8. The summed E-state index contributed by atoms with van der Waals surface area (Å²) in [6.45, 7) is 8.14. The van der Waals surface area contributed by atoms with Crippen LogP contribution in [0.3, 0.4) is 0 Å². The third-order valence-corrected chi connectivity index (χ3v) is 7.83. The van der Waals surface area contributed by atoms with Crippen molar-refractivity contribution in [2.45, 2.75) is 26.5 Å². The normalized spacial score (nSPS) is 14.5. The monoisotopic (exact) mass is 550 g/mol. The Morgan fingerprint density at radius 1 is 0.878 bits per heavy atom. The molecule has 1 aliphatic heterocycles. The third kappa shape index (κ3) is 6.69. The van der Waals surface area contributed by atoms with E-state index in [1.54, 1.807) is 4.57 Å². The quantitative estimate of drug-likeness (QED) is 0.289. The highest BCUT2D eigenvalue weighted by Gasteiger charge is 2.19. The molecule has 0 unspecified atom stereocenters. The first-order chi connectivity index (χ1) is 19.8. The van der Waals surface area contributed by atoms with Crippen LogP contribution in [0, 0.1) is 6.92 Å². The predicted octanol–water partition coefficient (Wildman–Crippen LogP) is 5.60. The summed E-state index contributed by atoms with van der Waals surface area (Å²) in [5, 5.41) is 3.19. The van der Waals surface area contributed by atoms with E-state index in [-0.39, 0.29) is 24.5 Å². The number of carbonyl (C=O) groups excluding carboxylic acids is 2. The van der Waals surface area contributed by atoms with Crippen LogP contribution in [-0.2, 0) is 18.4 Å². The minimum atomic E-state index is -0.367. The Hall–Kier alpha value is -4.36. The molecule has 1 saturated heterocycles. The van der Waals surface area contributed by atoms with Crippen molar-refractivity contribution in [3.63, 3.8) is 0 Å². The van der Waals surface area contributed by atoms with Crippen molar-refractivity contribution in [1.82, 2.24) is 14.8 Å². The van der Waals surface area contributed by atoms with Gasteiger partial charge in [-0.1, -0.05) is 54.6 Å². The molecule has 7 heteroatoms. The van der Waals surface area contributed by atoms with E-state index < -0.39 is 0 Å². The fraction of sp³-hybridized carbons (Fsp3) is 0.294. The van der Waals surface area contributed by atoms with Gasteiger partial charge in [-0.25, -0.2) is 4.79 Å². The molecule has 3 aromatic carbocycles. The average Bonchev–Trinajstić information content (AvgIpc) is 3.38. The van der Waals surface area contributed by atoms with Crippen LogP contribution in [0.5, 0.6) is 0 Å². The van der Waals surface area contributed by atoms with Gasteiger partial charge in [-0.05, 0) is 67.4 Å². The van der Waals surface area contributed by atoms with Crippen molar-refractivity contribution in [2.75, 3.05) is 38.1 Å². The number of rotatable bonds is 8. The number of nitrogens with one attached hydrogen (secondary N) is 1. The van der Waals surface area contributed by atoms with E-state index in [0.29, 0.717) is 11.3 Å². The van der Waals surface area contributed by atoms with Crippen molar-refractivity contribution in [2.24, 2.45) is 7.05 Å². The Kier molecular flexibility index (Phi) is 8.55. The summed E-state index contributed by atoms with van der Waals surface area (Å²) >= 11 is 0. The van der Waals surface area contributed by atoms with Crippen molar-refractivity contribution < 1.29 is 14.3 Å². The zero-order valence-electron chi connectivity index (χ0n) is 24.3. The molecule has 1 fully saturated rings. The van der Waals surface area contributed by atoms with Crippen LogP contribution in [0.15, 0.2) is 85.1 Å². The van der Waals surface area contributed by atoms with Crippen LogP contribution in [0.1, 0.15) is 50.5 Å². The number of nitrogens with zero attached hydrogens (tertiary/aromatic N) is 3. The van der Waals surface area contributed by atoms with E-state index in [1.807, 2.05) is 93.8 Å². The summed E-state index contributed by atoms with van der Waals surface area (Å²) in [6, 6.07) is 25.5. The van der Waals surface area contributed by atoms with Crippen molar-refractivity contribution >= 4 is 17.6 Å². The van der Waals surface area contributed by atoms with Crippen molar-refractivity contribution in [3.05, 3.63) is 113 Å². The van der Waals surface area contributed by atoms with Gasteiger partial charge < -0.3 is 24.4 Å². The first-order valence-corrected chi connectivity index (χ1v) is 14.1. The Balaban J connectivity index is 1.27. The van der Waals surface area contributed by atoms with E-state index in [1.165, 1.54) is 0 Å². The maximum atomic E-state index is 13.4. The summed E-state index contributed by atoms with van der Waals surface area (Å²) in [7, 11) is 3.98. The molecule has 1 aliphatic rings. The van der Waals surface area contributed by atoms with Gasteiger partial charge in [0, 0.05) is 56.2 Å². The van der Waals surface area contributed by atoms with Gasteiger partial charge in [0.1, 0.15) is 12.3 Å². The molecule has 4 aromatic rings. The van der Waals surface area contributed by atoms with Gasteiger partial charge in [0.2, 0.25) is 0 Å². The molecule has 0 bridgehead atoms. The average molecular weight is 551 g/mol. The number of aryl methyl sites for hydroxylation is 2. The first kappa shape index (κ1) is 28.2. The van der Waals surface area contributed by atoms with Crippen LogP contribution in [0.2, 0.25) is 0 Å². The van der Waals surface area contributed by atoms with Gasteiger partial charge in [-0.15, -0.1) is 0 Å². The maximum absolute atomic E-state index is 13.4. The number of piperazine rings is 1. The highest BCUT2D eigenvalue weighted by molar-refractivity contribution is 5.97. The van der Waals surface area contributed by atoms with Gasteiger partial charge in [-0.2, -0.15) is 0 Å². The van der Waals surface area contributed by atoms with Crippen LogP contribution in [0.4, 0.5) is 5.69 Å². The zero-order chi connectivity index (χ0) is 28.9. The molecule has 1 amide bonds. The number of ether oxygens (including phenoxy) is 1. The van der Waals surface area contributed by atoms with Crippen LogP contribution in [-0.4, -0.2) is 54.6 Å². The summed E-state index contributed by atoms with van der Waals surface area (Å²) in [5.74, 6) is -0.451. The predicted molar refractivity (Wildman–Crippen MR) is 163 cm³/mol. The molecule has 5 rings (SSSR count). The molecular formula is C34H38N4O3. The van der Waals surface area contributed by atoms with Gasteiger partial charge >= 0.3 is 5.97 Å². The Labute approximate surface area is 242 Å². The van der Waals surface area contributed by atoms with Crippen LogP contribution in [0.25, 0.3) is 11.1 Å². The zero-order valence-corrected chi connectivity index (χ0v) is 24.3. The standard InChI is InChI=1S/C34H38N4O3/c1-24-13-14-30(38-17-15-36(3)16-18-38)21-31(24)33(39)35-25(2)27-11-8-12-28(19-27)29-20-32(37(4)22-29)34(40)41-23-26-9-6-5-7-10-26/h5-14,19-22,25H,15-18,23H2,1-4H3,(H,35,39)/t25-/m1/s1. The molecule has 41 heavy (non-hydrogen) atoms. The second-order valence-electron chi connectivity index (χ2n) is 10.9. The van der Waals surface area contributed by atoms with Crippen LogP contribution < -0.4 is 10.2 Å². The number of anilines is 1. The number of hydrogen-bond donors (Lipinski definition) is 1. The van der Waals surface area contributed by atoms with E-state index in [9.17, 15) is 9.59 Å². The Bertz CT molecular complexity index is 1520. The molecule has 7 nitrogen and oxygen atoms in total. The smallest absolute Gasteiger partial charge is 0.355 e. The van der Waals surface area contributed by atoms with E-state index in [4.69, 9.17) is 4.74 Å². The van der Waals surface area contributed by atoms with Crippen molar-refractivity contribution in [1.29, 1.82) is 0 Å². The lowest BCUT2D eigenvalue weighted by Crippen LogP contribution is -2.44. The lowest BCUT2D eigenvalue weighted by Gasteiger charge is -2.34. The first-order valence-electron chi connectivity index (χ1n) is 14.1. The lowest BCUT2D eigenvalue weighted by atomic mass is 10.0. The molecule has 1 aromatic heterocycles. The molecule has 212 valence electrons. The Morgan fingerprint density at radius 2 is 1.63 bits per heavy atom. The molecule has 0 spiro atoms. The number of hydrogen-bond acceptors (Lipinski definition) is 5. The third-order valence-electron chi connectivity index (χ3n) is 7.83. The van der Waals surface area contributed by atoms with Gasteiger partial charge in [0.25, 0.3) is 5.91 Å². The molecule has 0 saturated carbocycles. The second-order valence-corrected chi connectivity index (χ2v) is 10.9. The highest BCUT2D eigenvalue weighted by atomic mass is 16.5. The van der Waals surface area contributed by atoms with Crippen LogP contribution >= 0.6 is 0 Å². The number of amides is 1. The Morgan fingerprint density at radius 3 is 2.39 bits per heavy atom. The van der Waals surface area contributed by atoms with E-state index >= 15 is 0 Å². The number of likely N-dealkylation sites (N-methyl/N-ethyl adjacent to an activating group) is 1. The van der Waals surface area contributed by atoms with Crippen molar-refractivity contribution in [3.8, 4) is 11.1 Å². The highest BCUT2D eigenvalue weighted by Crippen LogP contribution is 2.27. The summed E-state index contributed by atoms with van der Waals surface area (Å²) in [5.41, 5.74) is 7.04. The minimum Gasteiger partial charge on any atom is -0.456 e. The van der Waals surface area contributed by atoms with E-state index in [2.05, 4.69) is 34.3 Å². The largest absolute Gasteiger partial charge is 0.456 e. The van der Waals surface area contributed by atoms with Gasteiger partial charge in [0.05, 0.1) is 6.04 Å². The fourth-order valence-corrected chi connectivity index (χ4v) is 5.18. The number of carbonyl (C=O) groups is 2. The summed E-state index contributed by atoms with van der Waals surface area (Å²) < 4.78 is 7.33. The number of benzene rings is 3. The molecule has 0 aliphatic carbocycles. The van der Waals surface area contributed by atoms with E-state index in [0.717, 1.165) is 59.7 Å². The maximum Gasteiger partial charge on any atom is 0.355 e. The number of aromatic nitrogens is 1. The molecular weight excluding hydrogens is 512 g/mol. The summed E-state index contributed by atoms with van der Waals surface area (Å²) in [6.07, 6.45) is 1.93. The second kappa shape index (κ2) is 12.4. The minimum absolute atomic E-state index is 0.0838. The number of esters is 1. The lowest BCUT2D eigenvalue weighted by molar-refractivity contribution is 0.0461. The fourth-order valence-electron chi connectivity index (χ4n) is 5.18. The SMILES string of the molecule is Cc1ccc(N2CCN(C)CC2)cc1C(=O)N[C@H](C)c1cccc(-c2cc(C(=O)OCc3ccccc3)n(C)c2)c1. The molecule has 1 N–H and O–H groups in total. The molecule has 2 heterocycles. The topological polar surface area (TPSA) is 66.8 Å². The molecule has 0 radical (unpaired) electrons. The van der Waals surface area contributed by atoms with Gasteiger partial charge in [0.15, 0.2) is 0 Å². The molecule has 1 atom stereocenters.